The first-order chi connectivity index (χ1) is 15.1. The number of pyridine rings is 1. The fourth-order valence-electron chi connectivity index (χ4n) is 3.61. The number of carbonyl (C=O) groups is 2. The van der Waals surface area contributed by atoms with Gasteiger partial charge in [-0.25, -0.2) is 14.0 Å². The molecule has 9 heteroatoms. The third kappa shape index (κ3) is 3.67. The largest absolute Gasteiger partial charge is 0.442 e. The van der Waals surface area contributed by atoms with Gasteiger partial charge in [0.05, 0.1) is 12.6 Å². The second kappa shape index (κ2) is 7.50. The minimum Gasteiger partial charge on any atom is -0.442 e. The van der Waals surface area contributed by atoms with Crippen LogP contribution in [0.15, 0.2) is 53.5 Å². The summed E-state index contributed by atoms with van der Waals surface area (Å²) in [4.78, 5) is 39.4. The zero-order valence-electron chi connectivity index (χ0n) is 18.0. The average Bonchev–Trinajstić information content (AvgIpc) is 3.23. The number of fused-ring (bicyclic) bond motifs is 2. The normalized spacial score (nSPS) is 13.2. The highest BCUT2D eigenvalue weighted by atomic mass is 16.6. The second-order valence-electron chi connectivity index (χ2n) is 8.53. The van der Waals surface area contributed by atoms with Crippen LogP contribution in [0.2, 0.25) is 0 Å². The number of nitrogens with zero attached hydrogens (tertiary/aromatic N) is 5. The number of hydrogen-bond acceptors (Lipinski definition) is 6. The molecule has 2 aromatic heterocycles. The Hall–Kier alpha value is -4.19. The molecule has 1 aliphatic rings. The van der Waals surface area contributed by atoms with Gasteiger partial charge in [0.25, 0.3) is 5.91 Å². The molecule has 1 aromatic carbocycles. The van der Waals surface area contributed by atoms with E-state index >= 15 is 0 Å². The second-order valence-corrected chi connectivity index (χ2v) is 8.53. The lowest BCUT2D eigenvalue weighted by atomic mass is 9.98. The zero-order valence-corrected chi connectivity index (χ0v) is 18.0. The zero-order chi connectivity index (χ0) is 23.2. The number of benzene rings is 1. The van der Waals surface area contributed by atoms with E-state index in [4.69, 9.17) is 10.00 Å². The Morgan fingerprint density at radius 1 is 1.22 bits per heavy atom. The predicted molar refractivity (Wildman–Crippen MR) is 116 cm³/mol. The fourth-order valence-corrected chi connectivity index (χ4v) is 3.61. The minimum absolute atomic E-state index is 0.157. The van der Waals surface area contributed by atoms with E-state index in [1.165, 1.54) is 4.40 Å². The van der Waals surface area contributed by atoms with Gasteiger partial charge in [-0.1, -0.05) is 18.7 Å². The Bertz CT molecular complexity index is 1380. The number of aromatic nitrogens is 3. The third-order valence-corrected chi connectivity index (χ3v) is 4.98. The minimum atomic E-state index is -0.854. The fraction of sp³-hybridized carbons (Fsp3) is 0.261. The molecule has 0 fully saturated rings. The average molecular weight is 431 g/mol. The lowest BCUT2D eigenvalue weighted by molar-refractivity contribution is 0.0508. The molecule has 1 amide bonds. The summed E-state index contributed by atoms with van der Waals surface area (Å²) in [7, 11) is 0. The summed E-state index contributed by atoms with van der Waals surface area (Å²) in [5.74, 6) is -0.172. The first kappa shape index (κ1) is 21.1. The highest BCUT2D eigenvalue weighted by Crippen LogP contribution is 2.33. The Morgan fingerprint density at radius 3 is 2.62 bits per heavy atom. The van der Waals surface area contributed by atoms with Crippen molar-refractivity contribution in [1.82, 2.24) is 19.1 Å². The molecule has 9 nitrogen and oxygen atoms in total. The van der Waals surface area contributed by atoms with Crippen molar-refractivity contribution in [2.24, 2.45) is 0 Å². The molecule has 0 spiro atoms. The molecule has 0 atom stereocenters. The van der Waals surface area contributed by atoms with Gasteiger partial charge < -0.3 is 9.64 Å². The summed E-state index contributed by atoms with van der Waals surface area (Å²) >= 11 is 0. The molecule has 3 heterocycles. The van der Waals surface area contributed by atoms with Gasteiger partial charge in [-0.3, -0.25) is 4.79 Å². The van der Waals surface area contributed by atoms with Crippen LogP contribution in [0.1, 0.15) is 36.7 Å². The summed E-state index contributed by atoms with van der Waals surface area (Å²) < 4.78 is 7.21. The van der Waals surface area contributed by atoms with E-state index in [0.29, 0.717) is 33.6 Å². The molecular weight excluding hydrogens is 410 g/mol. The van der Waals surface area contributed by atoms with E-state index in [1.54, 1.807) is 56.1 Å². The highest BCUT2D eigenvalue weighted by Gasteiger charge is 2.30. The van der Waals surface area contributed by atoms with Crippen molar-refractivity contribution in [2.45, 2.75) is 32.9 Å². The summed E-state index contributed by atoms with van der Waals surface area (Å²) in [5, 5.41) is 13.1. The molecular formula is C23H21N5O4. The van der Waals surface area contributed by atoms with Gasteiger partial charge in [-0.15, -0.1) is 9.78 Å². The molecule has 0 aliphatic carbocycles. The summed E-state index contributed by atoms with van der Waals surface area (Å²) in [6.07, 6.45) is 0.731. The maximum absolute atomic E-state index is 12.8. The smallest absolute Gasteiger partial charge is 0.439 e. The van der Waals surface area contributed by atoms with Gasteiger partial charge in [0.2, 0.25) is 0 Å². The van der Waals surface area contributed by atoms with Crippen LogP contribution in [-0.4, -0.2) is 43.2 Å². The number of nitriles is 1. The molecule has 1 aliphatic heterocycles. The van der Waals surface area contributed by atoms with E-state index in [9.17, 15) is 14.4 Å². The summed E-state index contributed by atoms with van der Waals surface area (Å²) in [5.41, 5.74) is 1.99. The van der Waals surface area contributed by atoms with Crippen molar-refractivity contribution in [2.75, 3.05) is 6.54 Å². The summed E-state index contributed by atoms with van der Waals surface area (Å²) in [6.45, 7) is 9.26. The van der Waals surface area contributed by atoms with Crippen LogP contribution in [-0.2, 0) is 11.3 Å². The van der Waals surface area contributed by atoms with Gasteiger partial charge in [-0.2, -0.15) is 5.26 Å². The first-order valence-corrected chi connectivity index (χ1v) is 9.93. The first-order valence-electron chi connectivity index (χ1n) is 9.93. The van der Waals surface area contributed by atoms with E-state index in [2.05, 4.69) is 11.7 Å². The topological polar surface area (TPSA) is 110 Å². The van der Waals surface area contributed by atoms with E-state index in [-0.39, 0.29) is 12.5 Å². The van der Waals surface area contributed by atoms with Crippen molar-refractivity contribution in [3.05, 3.63) is 70.3 Å². The van der Waals surface area contributed by atoms with Crippen molar-refractivity contribution in [1.29, 1.82) is 5.26 Å². The van der Waals surface area contributed by atoms with Crippen molar-refractivity contribution in [3.8, 4) is 17.2 Å². The molecule has 0 saturated heterocycles. The Kier molecular flexibility index (Phi) is 4.93. The quantitative estimate of drug-likeness (QED) is 0.590. The van der Waals surface area contributed by atoms with Crippen LogP contribution in [0.25, 0.3) is 16.8 Å². The van der Waals surface area contributed by atoms with E-state index in [1.807, 2.05) is 12.1 Å². The highest BCUT2D eigenvalue weighted by molar-refractivity contribution is 6.00. The molecule has 0 saturated carbocycles. The predicted octanol–water partition coefficient (Wildman–Crippen LogP) is 2.98. The standard InChI is InChI=1S/C23H21N5O4/c1-14(10-24)11-26-13-18-16(6-5-7-17(18)20(26)29)15-8-9-19-25-28(21(30)27(19)12-15)22(31)32-23(2,3)4/h5-9,12H,1,11,13H2,2-4H3. The van der Waals surface area contributed by atoms with Crippen LogP contribution >= 0.6 is 0 Å². The van der Waals surface area contributed by atoms with Crippen LogP contribution < -0.4 is 5.69 Å². The maximum atomic E-state index is 12.8. The van der Waals surface area contributed by atoms with Crippen molar-refractivity contribution >= 4 is 17.6 Å². The van der Waals surface area contributed by atoms with Gasteiger partial charge in [-0.05, 0) is 55.7 Å². The van der Waals surface area contributed by atoms with Crippen LogP contribution in [0.3, 0.4) is 0 Å². The Balaban J connectivity index is 1.74. The number of ether oxygens (including phenoxy) is 1. The number of rotatable bonds is 3. The van der Waals surface area contributed by atoms with Crippen LogP contribution in [0, 0.1) is 11.3 Å². The molecule has 4 rings (SSSR count). The van der Waals surface area contributed by atoms with Gasteiger partial charge in [0.15, 0.2) is 5.65 Å². The molecule has 162 valence electrons. The molecule has 0 unspecified atom stereocenters. The molecule has 0 bridgehead atoms. The van der Waals surface area contributed by atoms with Gasteiger partial charge in [0, 0.05) is 23.9 Å². The molecule has 0 N–H and O–H groups in total. The molecule has 32 heavy (non-hydrogen) atoms. The lowest BCUT2D eigenvalue weighted by Crippen LogP contribution is -2.34. The van der Waals surface area contributed by atoms with Crippen molar-refractivity contribution < 1.29 is 14.3 Å². The lowest BCUT2D eigenvalue weighted by Gasteiger charge is -2.18. The molecule has 3 aromatic rings. The van der Waals surface area contributed by atoms with Gasteiger partial charge >= 0.3 is 11.8 Å². The number of hydrogen-bond donors (Lipinski definition) is 0. The number of amides is 1. The molecule has 0 radical (unpaired) electrons. The summed E-state index contributed by atoms with van der Waals surface area (Å²) in [6, 6.07) is 10.7. The van der Waals surface area contributed by atoms with Gasteiger partial charge in [0.1, 0.15) is 5.60 Å². The van der Waals surface area contributed by atoms with E-state index < -0.39 is 17.4 Å². The van der Waals surface area contributed by atoms with E-state index in [0.717, 1.165) is 11.1 Å². The van der Waals surface area contributed by atoms with Crippen LogP contribution in [0.4, 0.5) is 4.79 Å². The monoisotopic (exact) mass is 431 g/mol. The maximum Gasteiger partial charge on any atom is 0.439 e. The number of carbonyl (C=O) groups excluding carboxylic acids is 2. The van der Waals surface area contributed by atoms with Crippen LogP contribution in [0.5, 0.6) is 0 Å². The Morgan fingerprint density at radius 2 is 1.94 bits per heavy atom. The Labute approximate surface area is 183 Å². The third-order valence-electron chi connectivity index (χ3n) is 4.98. The van der Waals surface area contributed by atoms with Crippen molar-refractivity contribution in [3.63, 3.8) is 0 Å². The SMILES string of the molecule is C=C(C#N)CN1Cc2c(cccc2-c2ccc3nn(C(=O)OC(C)(C)C)c(=O)n3c2)C1=O.